The summed E-state index contributed by atoms with van der Waals surface area (Å²) in [6.45, 7) is 5.35. The third-order valence-corrected chi connectivity index (χ3v) is 9.09. The van der Waals surface area contributed by atoms with Crippen LogP contribution in [-0.2, 0) is 4.74 Å². The monoisotopic (exact) mass is 537 g/mol. The van der Waals surface area contributed by atoms with Crippen molar-refractivity contribution in [1.82, 2.24) is 4.90 Å². The average Bonchev–Trinajstić information content (AvgIpc) is 3.36. The fourth-order valence-electron chi connectivity index (χ4n) is 6.80. The third kappa shape index (κ3) is 8.66. The second-order valence-corrected chi connectivity index (χ2v) is 12.4. The molecule has 1 aromatic rings. The van der Waals surface area contributed by atoms with Crippen molar-refractivity contribution < 1.29 is 9.84 Å². The Bertz CT molecular complexity index is 929. The highest BCUT2D eigenvalue weighted by Crippen LogP contribution is 2.48. The Balaban J connectivity index is 1.10. The molecule has 0 saturated carbocycles. The highest BCUT2D eigenvalue weighted by Gasteiger charge is 2.39. The van der Waals surface area contributed by atoms with Crippen LogP contribution in [-0.4, -0.2) is 61.5 Å². The number of unbranched alkanes of at least 4 members (excludes halogenated alkanes) is 11. The van der Waals surface area contributed by atoms with Crippen molar-refractivity contribution >= 4 is 11.3 Å². The first kappa shape index (κ1) is 30.3. The number of nitrogens with one attached hydrogen (secondary N) is 1. The number of benzene rings is 1. The Morgan fingerprint density at radius 1 is 1.08 bits per heavy atom. The largest absolute Gasteiger partial charge is 0.387 e. The quantitative estimate of drug-likeness (QED) is 0.141. The summed E-state index contributed by atoms with van der Waals surface area (Å²) >= 11 is 0. The fraction of sp³-hybridized carbons (Fsp3) is 0.706. The van der Waals surface area contributed by atoms with Gasteiger partial charge in [-0.05, 0) is 49.1 Å². The van der Waals surface area contributed by atoms with Gasteiger partial charge in [0.2, 0.25) is 0 Å². The molecule has 5 nitrogen and oxygen atoms in total. The SMILES string of the molecule is CCCCCCCCCCCCCC=CC(O)C(N)COC[C@@H]1C=C2c3cccc4c3C(CN4)C[C@H]2N(C)C1. The summed E-state index contributed by atoms with van der Waals surface area (Å²) in [6.07, 6.45) is 22.9. The predicted octanol–water partition coefficient (Wildman–Crippen LogP) is 6.88. The van der Waals surface area contributed by atoms with Crippen molar-refractivity contribution in [3.05, 3.63) is 47.6 Å². The standard InChI is InChI=1S/C34H55N3O2/c1-3-4-5-6-7-8-9-10-11-12-13-14-15-19-33(38)30(35)25-39-24-26-20-29-28-17-16-18-31-34(28)27(22-36-31)21-32(29)37(2)23-26/h15-20,26-27,30,32-33,36,38H,3-14,21-25,35H2,1-2H3/t26-,27?,30?,32-,33?/m1/s1. The van der Waals surface area contributed by atoms with E-state index in [1.54, 1.807) is 0 Å². The normalized spacial score (nSPS) is 23.8. The lowest BCUT2D eigenvalue weighted by atomic mass is 9.75. The molecule has 5 heteroatoms. The summed E-state index contributed by atoms with van der Waals surface area (Å²) in [5.74, 6) is 0.958. The van der Waals surface area contributed by atoms with E-state index in [2.05, 4.69) is 54.5 Å². The minimum atomic E-state index is -0.649. The van der Waals surface area contributed by atoms with Crippen LogP contribution < -0.4 is 11.1 Å². The van der Waals surface area contributed by atoms with E-state index in [9.17, 15) is 5.11 Å². The van der Waals surface area contributed by atoms with Crippen molar-refractivity contribution in [2.75, 3.05) is 38.7 Å². The second-order valence-electron chi connectivity index (χ2n) is 12.4. The fourth-order valence-corrected chi connectivity index (χ4v) is 6.80. The molecule has 39 heavy (non-hydrogen) atoms. The van der Waals surface area contributed by atoms with Gasteiger partial charge in [0.05, 0.1) is 25.4 Å². The molecule has 218 valence electrons. The van der Waals surface area contributed by atoms with Gasteiger partial charge in [-0.1, -0.05) is 101 Å². The zero-order chi connectivity index (χ0) is 27.5. The molecule has 0 fully saturated rings. The molecule has 4 N–H and O–H groups in total. The maximum Gasteiger partial charge on any atom is 0.0894 e. The number of nitrogens with two attached hydrogens (primary N) is 1. The lowest BCUT2D eigenvalue weighted by Crippen LogP contribution is -2.44. The molecule has 2 heterocycles. The maximum absolute atomic E-state index is 10.5. The first-order valence-electron chi connectivity index (χ1n) is 16.1. The second kappa shape index (κ2) is 16.0. The van der Waals surface area contributed by atoms with Gasteiger partial charge in [0.25, 0.3) is 0 Å². The number of likely N-dealkylation sites (N-methyl/N-ethyl adjacent to an activating group) is 1. The predicted molar refractivity (Wildman–Crippen MR) is 165 cm³/mol. The molecule has 3 aliphatic rings. The number of allylic oxidation sites excluding steroid dienone is 1. The molecule has 0 radical (unpaired) electrons. The maximum atomic E-state index is 10.5. The van der Waals surface area contributed by atoms with Crippen molar-refractivity contribution in [1.29, 1.82) is 0 Å². The molecule has 0 saturated heterocycles. The van der Waals surface area contributed by atoms with E-state index in [1.165, 1.54) is 99.4 Å². The zero-order valence-corrected chi connectivity index (χ0v) is 24.8. The van der Waals surface area contributed by atoms with Gasteiger partial charge in [0, 0.05) is 36.7 Å². The highest BCUT2D eigenvalue weighted by molar-refractivity contribution is 5.81. The molecular weight excluding hydrogens is 482 g/mol. The topological polar surface area (TPSA) is 70.8 Å². The van der Waals surface area contributed by atoms with E-state index in [0.29, 0.717) is 31.1 Å². The van der Waals surface area contributed by atoms with Crippen LogP contribution >= 0.6 is 0 Å². The number of nitrogens with zero attached hydrogens (tertiary/aromatic N) is 1. The van der Waals surface area contributed by atoms with Crippen LogP contribution in [0.2, 0.25) is 0 Å². The molecule has 5 atom stereocenters. The van der Waals surface area contributed by atoms with Gasteiger partial charge in [-0.15, -0.1) is 0 Å². The summed E-state index contributed by atoms with van der Waals surface area (Å²) in [5, 5.41) is 14.1. The Hall–Kier alpha value is -1.66. The van der Waals surface area contributed by atoms with Crippen molar-refractivity contribution in [2.45, 2.75) is 114 Å². The van der Waals surface area contributed by atoms with E-state index >= 15 is 0 Å². The number of hydrogen-bond donors (Lipinski definition) is 3. The van der Waals surface area contributed by atoms with E-state index in [1.807, 2.05) is 6.08 Å². The lowest BCUT2D eigenvalue weighted by molar-refractivity contribution is 0.0577. The summed E-state index contributed by atoms with van der Waals surface area (Å²) in [6, 6.07) is 6.79. The molecule has 0 amide bonds. The van der Waals surface area contributed by atoms with Crippen molar-refractivity contribution in [3.63, 3.8) is 0 Å². The number of ether oxygens (including phenoxy) is 1. The van der Waals surface area contributed by atoms with Crippen LogP contribution in [0.4, 0.5) is 5.69 Å². The van der Waals surface area contributed by atoms with Crippen LogP contribution in [0, 0.1) is 5.92 Å². The van der Waals surface area contributed by atoms with Gasteiger partial charge in [-0.2, -0.15) is 0 Å². The van der Waals surface area contributed by atoms with E-state index in [0.717, 1.165) is 19.5 Å². The summed E-state index contributed by atoms with van der Waals surface area (Å²) < 4.78 is 6.05. The van der Waals surface area contributed by atoms with Crippen molar-refractivity contribution in [2.24, 2.45) is 11.7 Å². The Morgan fingerprint density at radius 2 is 1.79 bits per heavy atom. The summed E-state index contributed by atoms with van der Waals surface area (Å²) in [4.78, 5) is 2.50. The van der Waals surface area contributed by atoms with Crippen LogP contribution in [0.5, 0.6) is 0 Å². The molecule has 2 aliphatic heterocycles. The van der Waals surface area contributed by atoms with Crippen molar-refractivity contribution in [3.8, 4) is 0 Å². The molecule has 1 aromatic carbocycles. The molecule has 3 unspecified atom stereocenters. The van der Waals surface area contributed by atoms with Crippen LogP contribution in [0.25, 0.3) is 5.57 Å². The zero-order valence-electron chi connectivity index (χ0n) is 24.8. The van der Waals surface area contributed by atoms with E-state index in [4.69, 9.17) is 10.5 Å². The molecular formula is C34H55N3O2. The third-order valence-electron chi connectivity index (χ3n) is 9.09. The van der Waals surface area contributed by atoms with E-state index in [-0.39, 0.29) is 6.04 Å². The van der Waals surface area contributed by atoms with Crippen LogP contribution in [0.3, 0.4) is 0 Å². The number of hydrogen-bond acceptors (Lipinski definition) is 5. The number of rotatable bonds is 18. The number of fused-ring (bicyclic) bond motifs is 2. The Morgan fingerprint density at radius 3 is 2.54 bits per heavy atom. The molecule has 1 aliphatic carbocycles. The average molecular weight is 538 g/mol. The molecule has 0 spiro atoms. The minimum Gasteiger partial charge on any atom is -0.387 e. The van der Waals surface area contributed by atoms with Gasteiger partial charge in [-0.3, -0.25) is 4.90 Å². The van der Waals surface area contributed by atoms with Gasteiger partial charge in [-0.25, -0.2) is 0 Å². The molecule has 0 bridgehead atoms. The van der Waals surface area contributed by atoms with Crippen LogP contribution in [0.1, 0.15) is 107 Å². The number of anilines is 1. The van der Waals surface area contributed by atoms with Gasteiger partial charge >= 0.3 is 0 Å². The number of aliphatic hydroxyl groups excluding tert-OH is 1. The van der Waals surface area contributed by atoms with Gasteiger partial charge in [0.1, 0.15) is 0 Å². The summed E-state index contributed by atoms with van der Waals surface area (Å²) in [5.41, 5.74) is 12.0. The first-order valence-corrected chi connectivity index (χ1v) is 16.1. The van der Waals surface area contributed by atoms with E-state index < -0.39 is 6.10 Å². The first-order chi connectivity index (χ1) is 19.1. The lowest BCUT2D eigenvalue weighted by Gasteiger charge is -2.42. The Kier molecular flexibility index (Phi) is 12.4. The smallest absolute Gasteiger partial charge is 0.0894 e. The van der Waals surface area contributed by atoms with Crippen LogP contribution in [0.15, 0.2) is 36.4 Å². The molecule has 4 rings (SSSR count). The summed E-state index contributed by atoms with van der Waals surface area (Å²) in [7, 11) is 2.25. The van der Waals surface area contributed by atoms with Gasteiger partial charge in [0.15, 0.2) is 0 Å². The molecule has 0 aromatic heterocycles. The van der Waals surface area contributed by atoms with Gasteiger partial charge < -0.3 is 20.9 Å². The highest BCUT2D eigenvalue weighted by atomic mass is 16.5. The Labute approximate surface area is 238 Å². The minimum absolute atomic E-state index is 0.337. The number of aliphatic hydroxyl groups is 1.